The summed E-state index contributed by atoms with van der Waals surface area (Å²) in [4.78, 5) is 39.3. The summed E-state index contributed by atoms with van der Waals surface area (Å²) in [6, 6.07) is 13.5. The van der Waals surface area contributed by atoms with Crippen LogP contribution in [0.4, 0.5) is 10.5 Å². The number of nitrogens with zero attached hydrogens (tertiary/aromatic N) is 1. The van der Waals surface area contributed by atoms with E-state index in [2.05, 4.69) is 10.6 Å². The van der Waals surface area contributed by atoms with E-state index in [1.807, 2.05) is 6.07 Å². The second-order valence-corrected chi connectivity index (χ2v) is 7.95. The standard InChI is InChI=1S/C23H25N3O7/c1-32-20(29)18-11-23(31)15-9-5-6-10-16(15)24-21(23)26(18)19(28)17(12-27)25-22(30)33-13-14-7-3-2-4-8-14/h2-10,17-18,21,24,27,31H,11-13H2,1H3,(H,25,30)/t17-,18-,21-,23+/m0/s1. The van der Waals surface area contributed by atoms with E-state index in [4.69, 9.17) is 9.47 Å². The minimum Gasteiger partial charge on any atom is -0.467 e. The van der Waals surface area contributed by atoms with Gasteiger partial charge in [-0.05, 0) is 11.6 Å². The molecule has 0 bridgehead atoms. The zero-order valence-corrected chi connectivity index (χ0v) is 17.9. The number of fused-ring (bicyclic) bond motifs is 3. The molecule has 4 rings (SSSR count). The number of amides is 2. The molecule has 10 nitrogen and oxygen atoms in total. The Bertz CT molecular complexity index is 1050. The molecule has 0 saturated carbocycles. The molecule has 1 fully saturated rings. The van der Waals surface area contributed by atoms with Crippen LogP contribution in [0.5, 0.6) is 0 Å². The fourth-order valence-electron chi connectivity index (χ4n) is 4.38. The van der Waals surface area contributed by atoms with Crippen molar-refractivity contribution in [2.45, 2.75) is 36.9 Å². The van der Waals surface area contributed by atoms with Gasteiger partial charge in [-0.25, -0.2) is 9.59 Å². The number of hydrogen-bond acceptors (Lipinski definition) is 8. The highest BCUT2D eigenvalue weighted by Gasteiger charge is 2.61. The van der Waals surface area contributed by atoms with Crippen LogP contribution in [-0.2, 0) is 31.3 Å². The van der Waals surface area contributed by atoms with Crippen molar-refractivity contribution in [1.29, 1.82) is 0 Å². The van der Waals surface area contributed by atoms with Crippen LogP contribution >= 0.6 is 0 Å². The maximum Gasteiger partial charge on any atom is 0.408 e. The number of para-hydroxylation sites is 1. The molecule has 0 unspecified atom stereocenters. The molecular formula is C23H25N3O7. The summed E-state index contributed by atoms with van der Waals surface area (Å²) in [6.07, 6.45) is -1.99. The van der Waals surface area contributed by atoms with Gasteiger partial charge in [-0.3, -0.25) is 4.79 Å². The van der Waals surface area contributed by atoms with Crippen molar-refractivity contribution in [3.8, 4) is 0 Å². The second kappa shape index (κ2) is 9.08. The normalized spacial score (nSPS) is 23.7. The SMILES string of the molecule is COC(=O)[C@@H]1C[C@@]2(O)c3ccccc3N[C@H]2N1C(=O)[C@H](CO)NC(=O)OCc1ccccc1. The van der Waals surface area contributed by atoms with Gasteiger partial charge in [-0.1, -0.05) is 48.5 Å². The molecule has 2 amide bonds. The van der Waals surface area contributed by atoms with Crippen molar-refractivity contribution < 1.29 is 34.1 Å². The minimum atomic E-state index is -1.54. The third-order valence-corrected chi connectivity index (χ3v) is 5.97. The summed E-state index contributed by atoms with van der Waals surface area (Å²) in [5.41, 5.74) is 0.388. The van der Waals surface area contributed by atoms with Gasteiger partial charge in [0.15, 0.2) is 0 Å². The third-order valence-electron chi connectivity index (χ3n) is 5.97. The lowest BCUT2D eigenvalue weighted by Gasteiger charge is -2.32. The molecule has 2 aliphatic rings. The first kappa shape index (κ1) is 22.6. The number of esters is 1. The van der Waals surface area contributed by atoms with Gasteiger partial charge >= 0.3 is 12.1 Å². The van der Waals surface area contributed by atoms with Gasteiger partial charge in [0.1, 0.15) is 30.5 Å². The fourth-order valence-corrected chi connectivity index (χ4v) is 4.38. The topological polar surface area (TPSA) is 137 Å². The zero-order valence-electron chi connectivity index (χ0n) is 17.9. The lowest BCUT2D eigenvalue weighted by Crippen LogP contribution is -2.58. The molecule has 4 atom stereocenters. The maximum atomic E-state index is 13.4. The molecule has 33 heavy (non-hydrogen) atoms. The van der Waals surface area contributed by atoms with Crippen LogP contribution in [0.1, 0.15) is 17.5 Å². The molecule has 1 saturated heterocycles. The molecule has 2 aromatic rings. The summed E-state index contributed by atoms with van der Waals surface area (Å²) in [5, 5.41) is 26.7. The van der Waals surface area contributed by atoms with E-state index in [1.54, 1.807) is 48.5 Å². The number of carbonyl (C=O) groups excluding carboxylic acids is 3. The molecule has 0 aliphatic carbocycles. The summed E-state index contributed by atoms with van der Waals surface area (Å²) >= 11 is 0. The van der Waals surface area contributed by atoms with Gasteiger partial charge in [-0.15, -0.1) is 0 Å². The van der Waals surface area contributed by atoms with Crippen molar-refractivity contribution in [2.75, 3.05) is 19.0 Å². The number of anilines is 1. The summed E-state index contributed by atoms with van der Waals surface area (Å²) in [6.45, 7) is -0.755. The number of aliphatic hydroxyl groups is 2. The van der Waals surface area contributed by atoms with Gasteiger partial charge in [0.05, 0.1) is 13.7 Å². The average molecular weight is 455 g/mol. The molecule has 2 aliphatic heterocycles. The van der Waals surface area contributed by atoms with E-state index < -0.39 is 48.4 Å². The summed E-state index contributed by atoms with van der Waals surface area (Å²) in [7, 11) is 1.19. The molecule has 174 valence electrons. The summed E-state index contributed by atoms with van der Waals surface area (Å²) < 4.78 is 9.99. The number of aliphatic hydroxyl groups excluding tert-OH is 1. The molecule has 2 aromatic carbocycles. The van der Waals surface area contributed by atoms with Crippen molar-refractivity contribution in [3.05, 3.63) is 65.7 Å². The Morgan fingerprint density at radius 1 is 1.18 bits per heavy atom. The molecule has 0 radical (unpaired) electrons. The highest BCUT2D eigenvalue weighted by molar-refractivity contribution is 5.92. The van der Waals surface area contributed by atoms with E-state index in [0.29, 0.717) is 11.3 Å². The van der Waals surface area contributed by atoms with Gasteiger partial charge in [0.25, 0.3) is 0 Å². The Kier molecular flexibility index (Phi) is 6.21. The van der Waals surface area contributed by atoms with Crippen LogP contribution in [0.2, 0.25) is 0 Å². The number of methoxy groups -OCH3 is 1. The Hall–Kier alpha value is -3.63. The third kappa shape index (κ3) is 4.10. The second-order valence-electron chi connectivity index (χ2n) is 7.95. The maximum absolute atomic E-state index is 13.4. The molecular weight excluding hydrogens is 430 g/mol. The van der Waals surface area contributed by atoms with Gasteiger partial charge in [0, 0.05) is 17.7 Å². The van der Waals surface area contributed by atoms with E-state index in [1.165, 1.54) is 7.11 Å². The van der Waals surface area contributed by atoms with Gasteiger partial charge < -0.3 is 35.2 Å². The number of likely N-dealkylation sites (tertiary alicyclic amines) is 1. The summed E-state index contributed by atoms with van der Waals surface area (Å²) in [5.74, 6) is -1.47. The highest BCUT2D eigenvalue weighted by atomic mass is 16.5. The molecule has 10 heteroatoms. The predicted octanol–water partition coefficient (Wildman–Crippen LogP) is 0.687. The Labute approximate surface area is 190 Å². The number of ether oxygens (including phenoxy) is 2. The van der Waals surface area contributed by atoms with Crippen LogP contribution in [0, 0.1) is 0 Å². The van der Waals surface area contributed by atoms with Gasteiger partial charge in [0.2, 0.25) is 5.91 Å². The smallest absolute Gasteiger partial charge is 0.408 e. The van der Waals surface area contributed by atoms with Crippen LogP contribution in [0.15, 0.2) is 54.6 Å². The number of alkyl carbamates (subject to hydrolysis) is 1. The Morgan fingerprint density at radius 3 is 2.58 bits per heavy atom. The largest absolute Gasteiger partial charge is 0.467 e. The lowest BCUT2D eigenvalue weighted by atomic mass is 9.91. The van der Waals surface area contributed by atoms with Crippen molar-refractivity contribution in [1.82, 2.24) is 10.2 Å². The predicted molar refractivity (Wildman–Crippen MR) is 116 cm³/mol. The van der Waals surface area contributed by atoms with Crippen molar-refractivity contribution >= 4 is 23.7 Å². The highest BCUT2D eigenvalue weighted by Crippen LogP contribution is 2.49. The van der Waals surface area contributed by atoms with Crippen LogP contribution in [0.25, 0.3) is 0 Å². The molecule has 0 spiro atoms. The van der Waals surface area contributed by atoms with Crippen molar-refractivity contribution in [3.63, 3.8) is 0 Å². The van der Waals surface area contributed by atoms with E-state index in [-0.39, 0.29) is 13.0 Å². The van der Waals surface area contributed by atoms with E-state index >= 15 is 0 Å². The number of nitrogens with one attached hydrogen (secondary N) is 2. The Balaban J connectivity index is 1.52. The number of hydrogen-bond donors (Lipinski definition) is 4. The molecule has 4 N–H and O–H groups in total. The lowest BCUT2D eigenvalue weighted by molar-refractivity contribution is -0.153. The van der Waals surface area contributed by atoms with E-state index in [0.717, 1.165) is 10.5 Å². The zero-order chi connectivity index (χ0) is 23.6. The fraction of sp³-hybridized carbons (Fsp3) is 0.348. The quantitative estimate of drug-likeness (QED) is 0.467. The number of carbonyl (C=O) groups is 3. The van der Waals surface area contributed by atoms with Crippen LogP contribution in [0.3, 0.4) is 0 Å². The average Bonchev–Trinajstić information content (AvgIpc) is 3.29. The molecule has 2 heterocycles. The molecule has 0 aromatic heterocycles. The minimum absolute atomic E-state index is 0.0211. The van der Waals surface area contributed by atoms with Gasteiger partial charge in [-0.2, -0.15) is 0 Å². The van der Waals surface area contributed by atoms with E-state index in [9.17, 15) is 24.6 Å². The Morgan fingerprint density at radius 2 is 1.88 bits per heavy atom. The van der Waals surface area contributed by atoms with Crippen LogP contribution < -0.4 is 10.6 Å². The van der Waals surface area contributed by atoms with Crippen molar-refractivity contribution in [2.24, 2.45) is 0 Å². The first-order valence-corrected chi connectivity index (χ1v) is 10.5. The monoisotopic (exact) mass is 455 g/mol. The first-order valence-electron chi connectivity index (χ1n) is 10.5. The first-order chi connectivity index (χ1) is 15.9. The number of benzene rings is 2. The van der Waals surface area contributed by atoms with Crippen LogP contribution in [-0.4, -0.2) is 65.0 Å². The number of rotatable bonds is 6.